The minimum absolute atomic E-state index is 0.845. The van der Waals surface area contributed by atoms with Crippen LogP contribution >= 0.6 is 12.6 Å². The summed E-state index contributed by atoms with van der Waals surface area (Å²) in [4.78, 5) is 4.05. The van der Waals surface area contributed by atoms with Crippen molar-refractivity contribution in [2.24, 2.45) is 0 Å². The summed E-state index contributed by atoms with van der Waals surface area (Å²) in [6, 6.07) is 5.59. The molecular weight excluding hydrogens is 158 g/mol. The van der Waals surface area contributed by atoms with Crippen molar-refractivity contribution in [2.45, 2.75) is 0 Å². The molecule has 0 aromatic carbocycles. The minimum Gasteiger partial charge on any atom is -0.463 e. The molecule has 0 unspecified atom stereocenters. The van der Waals surface area contributed by atoms with Crippen LogP contribution in [0.1, 0.15) is 0 Å². The van der Waals surface area contributed by atoms with E-state index in [1.807, 2.05) is 18.2 Å². The SMILES string of the molecule is CS.c1cnc2ccoc2c1. The second-order valence-electron chi connectivity index (χ2n) is 1.81. The fraction of sp³-hybridized carbons (Fsp3) is 0.125. The number of rotatable bonds is 0. The Bertz CT molecular complexity index is 288. The first-order chi connectivity index (χ1) is 5.47. The van der Waals surface area contributed by atoms with E-state index in [4.69, 9.17) is 4.42 Å². The Morgan fingerprint density at radius 2 is 2.18 bits per heavy atom. The monoisotopic (exact) mass is 167 g/mol. The lowest BCUT2D eigenvalue weighted by atomic mass is 10.4. The Hall–Kier alpha value is -0.960. The van der Waals surface area contributed by atoms with Gasteiger partial charge in [-0.15, -0.1) is 0 Å². The molecule has 2 heterocycles. The molecule has 0 atom stereocenters. The summed E-state index contributed by atoms with van der Waals surface area (Å²) in [6.45, 7) is 0. The quantitative estimate of drug-likeness (QED) is 0.609. The normalized spacial score (nSPS) is 8.91. The molecule has 0 spiro atoms. The minimum atomic E-state index is 0.845. The molecule has 0 aliphatic heterocycles. The van der Waals surface area contributed by atoms with E-state index in [2.05, 4.69) is 17.6 Å². The first-order valence-corrected chi connectivity index (χ1v) is 4.09. The number of furan rings is 1. The fourth-order valence-electron chi connectivity index (χ4n) is 0.799. The van der Waals surface area contributed by atoms with E-state index in [-0.39, 0.29) is 0 Å². The molecule has 11 heavy (non-hydrogen) atoms. The summed E-state index contributed by atoms with van der Waals surface area (Å²) in [7, 11) is 0. The van der Waals surface area contributed by atoms with E-state index < -0.39 is 0 Å². The van der Waals surface area contributed by atoms with Gasteiger partial charge >= 0.3 is 0 Å². The van der Waals surface area contributed by atoms with Gasteiger partial charge in [0.15, 0.2) is 5.58 Å². The summed E-state index contributed by atoms with van der Waals surface area (Å²) >= 11 is 3.53. The molecule has 0 saturated heterocycles. The lowest BCUT2D eigenvalue weighted by Crippen LogP contribution is -1.66. The molecule has 2 aromatic heterocycles. The van der Waals surface area contributed by atoms with Crippen LogP contribution < -0.4 is 0 Å². The van der Waals surface area contributed by atoms with Crippen LogP contribution in [-0.4, -0.2) is 11.2 Å². The molecule has 0 N–H and O–H groups in total. The van der Waals surface area contributed by atoms with Crippen LogP contribution in [0.4, 0.5) is 0 Å². The van der Waals surface area contributed by atoms with Gasteiger partial charge in [-0.3, -0.25) is 4.98 Å². The predicted octanol–water partition coefficient (Wildman–Crippen LogP) is 2.37. The van der Waals surface area contributed by atoms with Crippen molar-refractivity contribution in [1.29, 1.82) is 0 Å². The highest BCUT2D eigenvalue weighted by molar-refractivity contribution is 7.79. The summed E-state index contributed by atoms with van der Waals surface area (Å²) in [5.41, 5.74) is 1.76. The summed E-state index contributed by atoms with van der Waals surface area (Å²) in [5.74, 6) is 0. The highest BCUT2D eigenvalue weighted by Gasteiger charge is 1.91. The van der Waals surface area contributed by atoms with E-state index in [0.29, 0.717) is 0 Å². The van der Waals surface area contributed by atoms with Crippen LogP contribution in [0.25, 0.3) is 11.1 Å². The van der Waals surface area contributed by atoms with Crippen molar-refractivity contribution < 1.29 is 4.42 Å². The van der Waals surface area contributed by atoms with Crippen LogP contribution in [0.3, 0.4) is 0 Å². The van der Waals surface area contributed by atoms with Crippen molar-refractivity contribution in [3.05, 3.63) is 30.7 Å². The van der Waals surface area contributed by atoms with Gasteiger partial charge in [-0.05, 0) is 18.4 Å². The molecule has 0 saturated carbocycles. The number of hydrogen-bond donors (Lipinski definition) is 1. The first kappa shape index (κ1) is 8.14. The molecule has 0 fully saturated rings. The Balaban J connectivity index is 0.000000281. The number of thiol groups is 1. The zero-order chi connectivity index (χ0) is 8.10. The molecule has 2 rings (SSSR count). The standard InChI is InChI=1S/C7H5NO.CH4S/c1-2-7-6(8-4-1)3-5-9-7;1-2/h1-5H;2H,1H3. The Morgan fingerprint density at radius 1 is 1.36 bits per heavy atom. The van der Waals surface area contributed by atoms with Gasteiger partial charge in [0.2, 0.25) is 0 Å². The van der Waals surface area contributed by atoms with Gasteiger partial charge in [-0.25, -0.2) is 0 Å². The number of nitrogens with zero attached hydrogens (tertiary/aromatic N) is 1. The molecule has 58 valence electrons. The third-order valence-corrected chi connectivity index (χ3v) is 1.22. The van der Waals surface area contributed by atoms with Gasteiger partial charge in [0.1, 0.15) is 5.52 Å². The Kier molecular flexibility index (Phi) is 2.98. The molecule has 0 aliphatic rings. The molecule has 0 aliphatic carbocycles. The van der Waals surface area contributed by atoms with Crippen molar-refractivity contribution in [3.8, 4) is 0 Å². The first-order valence-electron chi connectivity index (χ1n) is 3.20. The zero-order valence-electron chi connectivity index (χ0n) is 6.19. The van der Waals surface area contributed by atoms with Gasteiger partial charge < -0.3 is 4.42 Å². The third-order valence-electron chi connectivity index (χ3n) is 1.22. The van der Waals surface area contributed by atoms with Gasteiger partial charge in [-0.2, -0.15) is 12.6 Å². The smallest absolute Gasteiger partial charge is 0.152 e. The molecular formula is C8H9NOS. The predicted molar refractivity (Wildman–Crippen MR) is 48.9 cm³/mol. The van der Waals surface area contributed by atoms with E-state index >= 15 is 0 Å². The molecule has 2 aromatic rings. The van der Waals surface area contributed by atoms with Crippen molar-refractivity contribution >= 4 is 23.7 Å². The van der Waals surface area contributed by atoms with Gasteiger partial charge in [0.05, 0.1) is 6.26 Å². The third kappa shape index (κ3) is 1.74. The molecule has 0 radical (unpaired) electrons. The average Bonchev–Trinajstić information content (AvgIpc) is 2.55. The van der Waals surface area contributed by atoms with E-state index in [1.54, 1.807) is 18.7 Å². The Labute approximate surface area is 70.7 Å². The Morgan fingerprint density at radius 3 is 2.91 bits per heavy atom. The van der Waals surface area contributed by atoms with Crippen molar-refractivity contribution in [3.63, 3.8) is 0 Å². The number of aromatic nitrogens is 1. The van der Waals surface area contributed by atoms with Gasteiger partial charge in [0.25, 0.3) is 0 Å². The maximum atomic E-state index is 5.06. The number of fused-ring (bicyclic) bond motifs is 1. The lowest BCUT2D eigenvalue weighted by molar-refractivity contribution is 0.615. The van der Waals surface area contributed by atoms with E-state index in [0.717, 1.165) is 11.1 Å². The van der Waals surface area contributed by atoms with E-state index in [1.165, 1.54) is 0 Å². The molecule has 0 amide bonds. The summed E-state index contributed by atoms with van der Waals surface area (Å²) < 4.78 is 5.06. The lowest BCUT2D eigenvalue weighted by Gasteiger charge is -1.80. The largest absolute Gasteiger partial charge is 0.463 e. The molecule has 3 heteroatoms. The van der Waals surface area contributed by atoms with Crippen LogP contribution in [0.5, 0.6) is 0 Å². The molecule has 0 bridgehead atoms. The average molecular weight is 167 g/mol. The summed E-state index contributed by atoms with van der Waals surface area (Å²) in [6.07, 6.45) is 5.08. The highest BCUT2D eigenvalue weighted by Crippen LogP contribution is 2.09. The van der Waals surface area contributed by atoms with Crippen LogP contribution in [0.15, 0.2) is 35.1 Å². The zero-order valence-corrected chi connectivity index (χ0v) is 7.08. The van der Waals surface area contributed by atoms with E-state index in [9.17, 15) is 0 Å². The van der Waals surface area contributed by atoms with Crippen LogP contribution in [0.2, 0.25) is 0 Å². The molecule has 2 nitrogen and oxygen atoms in total. The number of hydrogen-bond acceptors (Lipinski definition) is 3. The van der Waals surface area contributed by atoms with Crippen molar-refractivity contribution in [2.75, 3.05) is 6.26 Å². The second-order valence-corrected chi connectivity index (χ2v) is 1.81. The number of pyridine rings is 1. The topological polar surface area (TPSA) is 26.0 Å². The van der Waals surface area contributed by atoms with Crippen LogP contribution in [0, 0.1) is 0 Å². The maximum absolute atomic E-state index is 5.06. The van der Waals surface area contributed by atoms with Crippen molar-refractivity contribution in [1.82, 2.24) is 4.98 Å². The maximum Gasteiger partial charge on any atom is 0.152 e. The fourth-order valence-corrected chi connectivity index (χ4v) is 0.799. The van der Waals surface area contributed by atoms with Gasteiger partial charge in [0, 0.05) is 12.3 Å². The van der Waals surface area contributed by atoms with Crippen LogP contribution in [-0.2, 0) is 0 Å². The summed E-state index contributed by atoms with van der Waals surface area (Å²) in [5, 5.41) is 0. The van der Waals surface area contributed by atoms with Gasteiger partial charge in [-0.1, -0.05) is 0 Å². The highest BCUT2D eigenvalue weighted by atomic mass is 32.1. The second kappa shape index (κ2) is 4.03.